The van der Waals surface area contributed by atoms with Crippen LogP contribution in [0.25, 0.3) is 0 Å². The fraction of sp³-hybridized carbons (Fsp3) is 0.417. The zero-order chi connectivity index (χ0) is 14.8. The number of anilines is 2. The van der Waals surface area contributed by atoms with Gasteiger partial charge >= 0.3 is 0 Å². The second-order valence-corrected chi connectivity index (χ2v) is 4.84. The van der Waals surface area contributed by atoms with Gasteiger partial charge in [-0.1, -0.05) is 13.8 Å². The molecule has 0 fully saturated rings. The van der Waals surface area contributed by atoms with Crippen LogP contribution in [0.2, 0.25) is 0 Å². The summed E-state index contributed by atoms with van der Waals surface area (Å²) in [6.45, 7) is 5.33. The molecule has 19 heavy (non-hydrogen) atoms. The van der Waals surface area contributed by atoms with Crippen molar-refractivity contribution in [3.8, 4) is 0 Å². The zero-order valence-corrected chi connectivity index (χ0v) is 11.2. The summed E-state index contributed by atoms with van der Waals surface area (Å²) in [5.74, 6) is -1.09. The van der Waals surface area contributed by atoms with Crippen LogP contribution in [0.4, 0.5) is 11.5 Å². The van der Waals surface area contributed by atoms with Gasteiger partial charge in [0.1, 0.15) is 11.2 Å². The third-order valence-electron chi connectivity index (χ3n) is 3.22. The number of nitrogens with zero attached hydrogens (tertiary/aromatic N) is 1. The summed E-state index contributed by atoms with van der Waals surface area (Å²) in [5.41, 5.74) is 15.7. The Labute approximate surface area is 111 Å². The van der Waals surface area contributed by atoms with Gasteiger partial charge in [0, 0.05) is 0 Å². The largest absolute Gasteiger partial charge is 0.396 e. The van der Waals surface area contributed by atoms with Crippen LogP contribution < -0.4 is 22.5 Å². The van der Waals surface area contributed by atoms with E-state index in [1.54, 1.807) is 6.92 Å². The topological polar surface area (TPSA) is 137 Å². The van der Waals surface area contributed by atoms with Gasteiger partial charge in [0.2, 0.25) is 5.91 Å². The third kappa shape index (κ3) is 2.93. The molecule has 0 saturated heterocycles. The second kappa shape index (κ2) is 5.13. The maximum absolute atomic E-state index is 11.6. The Morgan fingerprint density at radius 3 is 2.32 bits per heavy atom. The minimum atomic E-state index is -1.03. The van der Waals surface area contributed by atoms with Crippen molar-refractivity contribution < 1.29 is 9.59 Å². The lowest BCUT2D eigenvalue weighted by molar-refractivity contribution is -0.123. The minimum Gasteiger partial charge on any atom is -0.396 e. The van der Waals surface area contributed by atoms with Gasteiger partial charge in [-0.25, -0.2) is 4.98 Å². The molecular weight excluding hydrogens is 246 g/mol. The first-order valence-corrected chi connectivity index (χ1v) is 5.83. The van der Waals surface area contributed by atoms with Crippen LogP contribution in [0.15, 0.2) is 12.1 Å². The molecule has 1 aromatic rings. The van der Waals surface area contributed by atoms with E-state index in [9.17, 15) is 9.59 Å². The number of rotatable bonds is 5. The number of nitrogens with one attached hydrogen (secondary N) is 1. The van der Waals surface area contributed by atoms with Crippen LogP contribution in [-0.4, -0.2) is 22.3 Å². The lowest BCUT2D eigenvalue weighted by Gasteiger charge is -2.32. The summed E-state index contributed by atoms with van der Waals surface area (Å²) in [6.07, 6.45) is 0. The summed E-state index contributed by atoms with van der Waals surface area (Å²) >= 11 is 0. The van der Waals surface area contributed by atoms with Crippen molar-refractivity contribution in [2.45, 2.75) is 26.3 Å². The lowest BCUT2D eigenvalue weighted by Crippen LogP contribution is -2.52. The van der Waals surface area contributed by atoms with Crippen molar-refractivity contribution in [3.63, 3.8) is 0 Å². The molecule has 0 aliphatic rings. The molecule has 0 aromatic carbocycles. The van der Waals surface area contributed by atoms with E-state index >= 15 is 0 Å². The van der Waals surface area contributed by atoms with Crippen molar-refractivity contribution in [3.05, 3.63) is 17.8 Å². The van der Waals surface area contributed by atoms with Crippen LogP contribution in [-0.2, 0) is 4.79 Å². The number of primary amides is 2. The van der Waals surface area contributed by atoms with E-state index in [-0.39, 0.29) is 17.4 Å². The predicted molar refractivity (Wildman–Crippen MR) is 73.2 cm³/mol. The summed E-state index contributed by atoms with van der Waals surface area (Å²) < 4.78 is 0. The van der Waals surface area contributed by atoms with Gasteiger partial charge < -0.3 is 22.5 Å². The average Bonchev–Trinajstić information content (AvgIpc) is 2.30. The molecule has 0 spiro atoms. The number of amides is 2. The Morgan fingerprint density at radius 1 is 1.32 bits per heavy atom. The van der Waals surface area contributed by atoms with Crippen molar-refractivity contribution in [2.24, 2.45) is 17.4 Å². The van der Waals surface area contributed by atoms with Crippen molar-refractivity contribution in [1.82, 2.24) is 4.98 Å². The molecule has 0 bridgehead atoms. The number of pyridine rings is 1. The fourth-order valence-electron chi connectivity index (χ4n) is 1.44. The molecule has 1 aromatic heterocycles. The molecule has 0 aliphatic carbocycles. The Kier molecular flexibility index (Phi) is 3.98. The number of hydrogen-bond donors (Lipinski definition) is 4. The summed E-state index contributed by atoms with van der Waals surface area (Å²) in [5, 5.41) is 2.90. The number of hydrogen-bond acceptors (Lipinski definition) is 5. The molecule has 1 atom stereocenters. The Morgan fingerprint density at radius 2 is 1.89 bits per heavy atom. The molecule has 104 valence electrons. The van der Waals surface area contributed by atoms with Gasteiger partial charge in [-0.3, -0.25) is 9.59 Å². The summed E-state index contributed by atoms with van der Waals surface area (Å²) in [4.78, 5) is 26.7. The Balaban J connectivity index is 3.20. The van der Waals surface area contributed by atoms with Crippen molar-refractivity contribution >= 4 is 23.3 Å². The summed E-state index contributed by atoms with van der Waals surface area (Å²) in [6, 6.07) is 2.91. The first kappa shape index (κ1) is 14.7. The molecular formula is C12H19N5O2. The molecule has 7 heteroatoms. The molecule has 7 nitrogen and oxygen atoms in total. The molecule has 1 unspecified atom stereocenters. The average molecular weight is 265 g/mol. The number of carbonyl (C=O) groups is 2. The van der Waals surface area contributed by atoms with E-state index in [0.29, 0.717) is 5.69 Å². The normalized spacial score (nSPS) is 13.9. The first-order valence-electron chi connectivity index (χ1n) is 5.83. The Bertz CT molecular complexity index is 515. The van der Waals surface area contributed by atoms with E-state index in [1.165, 1.54) is 12.1 Å². The highest BCUT2D eigenvalue weighted by molar-refractivity contribution is 5.93. The number of carbonyl (C=O) groups excluding carboxylic acids is 2. The molecule has 0 saturated carbocycles. The standard InChI is InChI=1S/C12H19N5O2/c1-6(2)12(3,11(15)19)17-10-7(13)4-5-8(16-10)9(14)18/h4-6H,13H2,1-3H3,(H2,14,18)(H2,15,19)(H,16,17). The fourth-order valence-corrected chi connectivity index (χ4v) is 1.44. The highest BCUT2D eigenvalue weighted by atomic mass is 16.2. The molecule has 0 aliphatic heterocycles. The van der Waals surface area contributed by atoms with E-state index in [2.05, 4.69) is 10.3 Å². The lowest BCUT2D eigenvalue weighted by atomic mass is 9.87. The quantitative estimate of drug-likeness (QED) is 0.597. The van der Waals surface area contributed by atoms with Gasteiger partial charge in [0.25, 0.3) is 5.91 Å². The van der Waals surface area contributed by atoms with Crippen LogP contribution >= 0.6 is 0 Å². The van der Waals surface area contributed by atoms with Crippen molar-refractivity contribution in [2.75, 3.05) is 11.1 Å². The minimum absolute atomic E-state index is 0.0623. The molecule has 1 heterocycles. The van der Waals surface area contributed by atoms with Crippen molar-refractivity contribution in [1.29, 1.82) is 0 Å². The maximum atomic E-state index is 11.6. The second-order valence-electron chi connectivity index (χ2n) is 4.84. The van der Waals surface area contributed by atoms with Gasteiger partial charge in [0.15, 0.2) is 5.82 Å². The third-order valence-corrected chi connectivity index (χ3v) is 3.22. The monoisotopic (exact) mass is 265 g/mol. The zero-order valence-electron chi connectivity index (χ0n) is 11.2. The molecule has 0 radical (unpaired) electrons. The van der Waals surface area contributed by atoms with E-state index < -0.39 is 17.4 Å². The molecule has 2 amide bonds. The Hall–Kier alpha value is -2.31. The van der Waals surface area contributed by atoms with Crippen LogP contribution in [0.1, 0.15) is 31.3 Å². The number of nitrogen functional groups attached to an aromatic ring is 1. The number of aromatic nitrogens is 1. The van der Waals surface area contributed by atoms with Crippen LogP contribution in [0.5, 0.6) is 0 Å². The van der Waals surface area contributed by atoms with Gasteiger partial charge in [-0.15, -0.1) is 0 Å². The molecule has 7 N–H and O–H groups in total. The summed E-state index contributed by atoms with van der Waals surface area (Å²) in [7, 11) is 0. The molecule has 1 rings (SSSR count). The smallest absolute Gasteiger partial charge is 0.267 e. The van der Waals surface area contributed by atoms with Gasteiger partial charge in [-0.05, 0) is 25.0 Å². The predicted octanol–water partition coefficient (Wildman–Crippen LogP) is 0.0746. The highest BCUT2D eigenvalue weighted by Gasteiger charge is 2.35. The van der Waals surface area contributed by atoms with Crippen LogP contribution in [0.3, 0.4) is 0 Å². The van der Waals surface area contributed by atoms with E-state index in [1.807, 2.05) is 13.8 Å². The highest BCUT2D eigenvalue weighted by Crippen LogP contribution is 2.25. The first-order chi connectivity index (χ1) is 8.68. The maximum Gasteiger partial charge on any atom is 0.267 e. The van der Waals surface area contributed by atoms with E-state index in [0.717, 1.165) is 0 Å². The SMILES string of the molecule is CC(C)C(C)(Nc1nc(C(N)=O)ccc1N)C(N)=O. The van der Waals surface area contributed by atoms with E-state index in [4.69, 9.17) is 17.2 Å². The van der Waals surface area contributed by atoms with Crippen LogP contribution in [0, 0.1) is 5.92 Å². The van der Waals surface area contributed by atoms with Gasteiger partial charge in [0.05, 0.1) is 5.69 Å². The van der Waals surface area contributed by atoms with Gasteiger partial charge in [-0.2, -0.15) is 0 Å². The number of nitrogens with two attached hydrogens (primary N) is 3.